The zero-order valence-corrected chi connectivity index (χ0v) is 13.7. The number of aromatic nitrogens is 1. The zero-order chi connectivity index (χ0) is 16.2. The van der Waals surface area contributed by atoms with Gasteiger partial charge in [-0.15, -0.1) is 0 Å². The van der Waals surface area contributed by atoms with Crippen LogP contribution in [0.25, 0.3) is 0 Å². The summed E-state index contributed by atoms with van der Waals surface area (Å²) in [5, 5.41) is 3.13. The van der Waals surface area contributed by atoms with E-state index < -0.39 is 5.92 Å². The van der Waals surface area contributed by atoms with Crippen molar-refractivity contribution in [2.75, 3.05) is 13.6 Å². The highest BCUT2D eigenvalue weighted by atomic mass is 16.2. The van der Waals surface area contributed by atoms with Gasteiger partial charge in [-0.2, -0.15) is 0 Å². The molecule has 1 saturated heterocycles. The molecule has 2 atom stereocenters. The summed E-state index contributed by atoms with van der Waals surface area (Å²) >= 11 is 0. The number of carbonyl (C=O) groups is 2. The van der Waals surface area contributed by atoms with Crippen LogP contribution in [0.5, 0.6) is 0 Å². The molecule has 124 valence electrons. The van der Waals surface area contributed by atoms with Crippen molar-refractivity contribution in [3.05, 3.63) is 30.1 Å². The Morgan fingerprint density at radius 1 is 1.39 bits per heavy atom. The van der Waals surface area contributed by atoms with Gasteiger partial charge in [-0.1, -0.05) is 31.7 Å². The molecule has 5 nitrogen and oxygen atoms in total. The summed E-state index contributed by atoms with van der Waals surface area (Å²) in [7, 11) is 1.76. The van der Waals surface area contributed by atoms with Crippen molar-refractivity contribution in [3.63, 3.8) is 0 Å². The van der Waals surface area contributed by atoms with Crippen LogP contribution in [-0.2, 0) is 9.59 Å². The maximum absolute atomic E-state index is 12.6. The van der Waals surface area contributed by atoms with Gasteiger partial charge in [0.25, 0.3) is 0 Å². The van der Waals surface area contributed by atoms with Crippen molar-refractivity contribution in [2.45, 2.75) is 44.6 Å². The first-order valence-corrected chi connectivity index (χ1v) is 8.60. The number of hydrogen-bond donors (Lipinski definition) is 1. The second-order valence-corrected chi connectivity index (χ2v) is 6.83. The molecule has 0 aromatic carbocycles. The molecule has 2 amide bonds. The number of carbonyl (C=O) groups excluding carboxylic acids is 2. The Kier molecular flexibility index (Phi) is 4.94. The second-order valence-electron chi connectivity index (χ2n) is 6.83. The highest BCUT2D eigenvalue weighted by Gasteiger charge is 2.36. The minimum Gasteiger partial charge on any atom is -0.349 e. The number of rotatable bonds is 5. The molecule has 1 aliphatic carbocycles. The van der Waals surface area contributed by atoms with Crippen molar-refractivity contribution in [1.82, 2.24) is 15.2 Å². The van der Waals surface area contributed by atoms with Gasteiger partial charge in [0.05, 0.1) is 6.04 Å². The van der Waals surface area contributed by atoms with Gasteiger partial charge in [-0.05, 0) is 30.4 Å². The number of pyridine rings is 1. The van der Waals surface area contributed by atoms with Crippen LogP contribution in [0.15, 0.2) is 24.5 Å². The number of nitrogens with one attached hydrogen (secondary N) is 1. The molecule has 5 heteroatoms. The lowest BCUT2D eigenvalue weighted by Gasteiger charge is -2.23. The third-order valence-corrected chi connectivity index (χ3v) is 5.19. The molecule has 1 aliphatic heterocycles. The quantitative estimate of drug-likeness (QED) is 0.848. The smallest absolute Gasteiger partial charge is 0.234 e. The van der Waals surface area contributed by atoms with Crippen LogP contribution in [0, 0.1) is 11.8 Å². The molecule has 1 N–H and O–H groups in total. The number of likely N-dealkylation sites (tertiary alicyclic amines) is 1. The van der Waals surface area contributed by atoms with E-state index in [4.69, 9.17) is 0 Å². The minimum absolute atomic E-state index is 0.0435. The Morgan fingerprint density at radius 2 is 2.17 bits per heavy atom. The largest absolute Gasteiger partial charge is 0.349 e. The summed E-state index contributed by atoms with van der Waals surface area (Å²) in [6.45, 7) is 0.664. The van der Waals surface area contributed by atoms with Gasteiger partial charge in [0.2, 0.25) is 11.8 Å². The van der Waals surface area contributed by atoms with Gasteiger partial charge < -0.3 is 10.2 Å². The van der Waals surface area contributed by atoms with Crippen molar-refractivity contribution in [3.8, 4) is 0 Å². The van der Waals surface area contributed by atoms with Crippen LogP contribution in [0.3, 0.4) is 0 Å². The van der Waals surface area contributed by atoms with Gasteiger partial charge in [-0.3, -0.25) is 14.6 Å². The maximum Gasteiger partial charge on any atom is 0.234 e. The Bertz CT molecular complexity index is 555. The van der Waals surface area contributed by atoms with Crippen LogP contribution < -0.4 is 5.32 Å². The SMILES string of the molecule is CN1CCC(C(=O)NC(CC2CCCC2)c2cccnc2)C1=O. The topological polar surface area (TPSA) is 62.3 Å². The average Bonchev–Trinajstić information content (AvgIpc) is 3.18. The summed E-state index contributed by atoms with van der Waals surface area (Å²) in [6, 6.07) is 3.87. The summed E-state index contributed by atoms with van der Waals surface area (Å²) in [4.78, 5) is 30.5. The van der Waals surface area contributed by atoms with E-state index in [-0.39, 0.29) is 17.9 Å². The van der Waals surface area contributed by atoms with Crippen LogP contribution in [0.4, 0.5) is 0 Å². The molecule has 0 radical (unpaired) electrons. The molecule has 0 spiro atoms. The normalized spacial score (nSPS) is 23.3. The van der Waals surface area contributed by atoms with Crippen LogP contribution >= 0.6 is 0 Å². The standard InChI is InChI=1S/C18H25N3O2/c1-21-10-8-15(18(21)23)17(22)20-16(11-13-5-2-3-6-13)14-7-4-9-19-12-14/h4,7,9,12-13,15-16H,2-3,5-6,8,10-11H2,1H3,(H,20,22). The monoisotopic (exact) mass is 315 g/mol. The Balaban J connectivity index is 1.70. The fourth-order valence-corrected chi connectivity index (χ4v) is 3.78. The van der Waals surface area contributed by atoms with E-state index in [1.807, 2.05) is 18.3 Å². The van der Waals surface area contributed by atoms with Crippen LogP contribution in [-0.4, -0.2) is 35.3 Å². The van der Waals surface area contributed by atoms with Crippen LogP contribution in [0.2, 0.25) is 0 Å². The first kappa shape index (κ1) is 16.0. The molecular formula is C18H25N3O2. The molecular weight excluding hydrogens is 290 g/mol. The lowest BCUT2D eigenvalue weighted by Crippen LogP contribution is -2.38. The zero-order valence-electron chi connectivity index (χ0n) is 13.7. The molecule has 1 aromatic heterocycles. The van der Waals surface area contributed by atoms with E-state index in [9.17, 15) is 9.59 Å². The molecule has 1 saturated carbocycles. The molecule has 3 rings (SSSR count). The van der Waals surface area contributed by atoms with E-state index >= 15 is 0 Å². The van der Waals surface area contributed by atoms with E-state index in [2.05, 4.69) is 10.3 Å². The van der Waals surface area contributed by atoms with E-state index in [1.54, 1.807) is 18.1 Å². The summed E-state index contributed by atoms with van der Waals surface area (Å²) in [5.41, 5.74) is 1.03. The average molecular weight is 315 g/mol. The molecule has 23 heavy (non-hydrogen) atoms. The first-order valence-electron chi connectivity index (χ1n) is 8.60. The third-order valence-electron chi connectivity index (χ3n) is 5.19. The van der Waals surface area contributed by atoms with E-state index in [0.29, 0.717) is 18.9 Å². The van der Waals surface area contributed by atoms with Crippen molar-refractivity contribution in [2.24, 2.45) is 11.8 Å². The highest BCUT2D eigenvalue weighted by Crippen LogP contribution is 2.33. The van der Waals surface area contributed by atoms with Gasteiger partial charge in [0, 0.05) is 26.0 Å². The first-order chi connectivity index (χ1) is 11.1. The molecule has 0 bridgehead atoms. The predicted octanol–water partition coefficient (Wildman–Crippen LogP) is 2.30. The number of nitrogens with zero attached hydrogens (tertiary/aromatic N) is 2. The highest BCUT2D eigenvalue weighted by molar-refractivity contribution is 6.01. The van der Waals surface area contributed by atoms with Crippen LogP contribution in [0.1, 0.15) is 50.1 Å². The Labute approximate surface area is 137 Å². The summed E-state index contributed by atoms with van der Waals surface area (Å²) < 4.78 is 0. The Hall–Kier alpha value is -1.91. The molecule has 2 fully saturated rings. The molecule has 2 heterocycles. The fourth-order valence-electron chi connectivity index (χ4n) is 3.78. The Morgan fingerprint density at radius 3 is 2.78 bits per heavy atom. The summed E-state index contributed by atoms with van der Waals surface area (Å²) in [6.07, 6.45) is 10.2. The van der Waals surface area contributed by atoms with E-state index in [0.717, 1.165) is 12.0 Å². The predicted molar refractivity (Wildman–Crippen MR) is 87.4 cm³/mol. The van der Waals surface area contributed by atoms with Crippen molar-refractivity contribution in [1.29, 1.82) is 0 Å². The van der Waals surface area contributed by atoms with Crippen molar-refractivity contribution < 1.29 is 9.59 Å². The number of hydrogen-bond acceptors (Lipinski definition) is 3. The fraction of sp³-hybridized carbons (Fsp3) is 0.611. The lowest BCUT2D eigenvalue weighted by atomic mass is 9.93. The maximum atomic E-state index is 12.6. The van der Waals surface area contributed by atoms with E-state index in [1.165, 1.54) is 25.7 Å². The van der Waals surface area contributed by atoms with Crippen molar-refractivity contribution >= 4 is 11.8 Å². The lowest BCUT2D eigenvalue weighted by molar-refractivity contribution is -0.137. The molecule has 2 aliphatic rings. The summed E-state index contributed by atoms with van der Waals surface area (Å²) in [5.74, 6) is -0.0651. The molecule has 2 unspecified atom stereocenters. The molecule has 1 aromatic rings. The van der Waals surface area contributed by atoms with Gasteiger partial charge in [-0.25, -0.2) is 0 Å². The third kappa shape index (κ3) is 3.71. The van der Waals surface area contributed by atoms with Gasteiger partial charge >= 0.3 is 0 Å². The second kappa shape index (κ2) is 7.11. The minimum atomic E-state index is -0.525. The number of amides is 2. The van der Waals surface area contributed by atoms with Gasteiger partial charge in [0.1, 0.15) is 5.92 Å². The van der Waals surface area contributed by atoms with Gasteiger partial charge in [0.15, 0.2) is 0 Å².